The summed E-state index contributed by atoms with van der Waals surface area (Å²) in [6, 6.07) is 7.24. The maximum atomic E-state index is 16.1. The van der Waals surface area contributed by atoms with Crippen LogP contribution in [-0.4, -0.2) is 178 Å². The fourth-order valence-corrected chi connectivity index (χ4v) is 13.7. The van der Waals surface area contributed by atoms with Gasteiger partial charge in [-0.2, -0.15) is 0 Å². The number of carboxylic acid groups (broad SMARTS) is 1. The Kier molecular flexibility index (Phi) is 22.7. The smallest absolute Gasteiger partial charge is 0.330 e. The summed E-state index contributed by atoms with van der Waals surface area (Å²) in [5, 5.41) is 124. The number of aliphatic hydroxyl groups is 6. The van der Waals surface area contributed by atoms with E-state index in [2.05, 4.69) is 21.3 Å². The molecule has 2 fully saturated rings. The van der Waals surface area contributed by atoms with Gasteiger partial charge in [-0.1, -0.05) is 55.2 Å². The lowest BCUT2D eigenvalue weighted by Gasteiger charge is -2.47. The van der Waals surface area contributed by atoms with Crippen LogP contribution < -0.4 is 46.9 Å². The maximum absolute atomic E-state index is 16.1. The Morgan fingerprint density at radius 2 is 1.37 bits per heavy atom. The first-order chi connectivity index (χ1) is 47.7. The van der Waals surface area contributed by atoms with Gasteiger partial charge in [0.05, 0.1) is 77.3 Å². The highest BCUT2D eigenvalue weighted by Crippen LogP contribution is 2.51. The molecule has 0 saturated carbocycles. The van der Waals surface area contributed by atoms with Crippen molar-refractivity contribution in [3.05, 3.63) is 117 Å². The quantitative estimate of drug-likeness (QED) is 0.0759. The number of aliphatic carboxylic acids is 1. The van der Waals surface area contributed by atoms with Crippen LogP contribution in [0.4, 0.5) is 0 Å². The maximum Gasteiger partial charge on any atom is 0.330 e. The summed E-state index contributed by atoms with van der Waals surface area (Å²) in [6.07, 6.45) is -20.8. The van der Waals surface area contributed by atoms with Gasteiger partial charge >= 0.3 is 5.97 Å². The van der Waals surface area contributed by atoms with Crippen LogP contribution >= 0.6 is 23.2 Å². The van der Waals surface area contributed by atoms with Crippen molar-refractivity contribution in [2.24, 2.45) is 29.2 Å². The highest BCUT2D eigenvalue weighted by Gasteiger charge is 2.51. The fourth-order valence-electron chi connectivity index (χ4n) is 13.3. The molecule has 30 nitrogen and oxygen atoms in total. The number of Topliss-reactive ketones (excluding diaryl/α,β-unsaturated/α-hetero) is 3. The molecule has 32 heteroatoms. The minimum absolute atomic E-state index is 0.0458. The van der Waals surface area contributed by atoms with Gasteiger partial charge in [-0.25, -0.2) is 4.79 Å². The number of hydrogen-bond acceptors (Lipinski definition) is 25. The summed E-state index contributed by atoms with van der Waals surface area (Å²) < 4.78 is 38.5. The number of hydrogen-bond donors (Lipinski definition) is 16. The van der Waals surface area contributed by atoms with Gasteiger partial charge in [0, 0.05) is 54.0 Å². The molecule has 0 aliphatic carbocycles. The van der Waals surface area contributed by atoms with Crippen molar-refractivity contribution in [2.45, 2.75) is 163 Å². The van der Waals surface area contributed by atoms with Crippen molar-refractivity contribution in [1.29, 1.82) is 0 Å². The van der Waals surface area contributed by atoms with E-state index in [0.29, 0.717) is 0 Å². The summed E-state index contributed by atoms with van der Waals surface area (Å²) in [4.78, 5) is 118. The van der Waals surface area contributed by atoms with Gasteiger partial charge in [0.25, 0.3) is 0 Å². The second kappa shape index (κ2) is 30.5. The van der Waals surface area contributed by atoms with Crippen LogP contribution in [-0.2, 0) is 52.6 Å². The number of phenolic OH excluding ortho intramolecular Hbond substituents is 3. The van der Waals surface area contributed by atoms with Crippen molar-refractivity contribution in [1.82, 2.24) is 21.3 Å². The highest BCUT2D eigenvalue weighted by molar-refractivity contribution is 6.32. The Bertz CT molecular complexity index is 4060. The van der Waals surface area contributed by atoms with Gasteiger partial charge in [-0.05, 0) is 110 Å². The average Bonchev–Trinajstić information content (AvgIpc) is 0.775. The standard InChI is InChI=1S/C69H78Cl2N6O24/c1-26(2)12-40(74-5)43(81)21-36-57(86)29-7-10-47(38(70)14-29)97-49-16-31-17-50(61(49)101-68-62(60(89)59(88)51(25-78)99-68)100-53-24-69(4,73)63(90)27(3)96-53)98-48-11-8-30(15-39(48)71)58(87)37-22-46(84)55(76-64(91)33(31)20-44(82)41(23-52(72)85)75-65(36)92)28-6-9-42(80)34(13-28)54-35(18-32(79)19-45(54)83)56(67(94)95)77-66(37)93/h6-11,13-19,26-27,33,36-37,40-41,51,53,55-60,62-63,68,74,78-80,83,86-90H,12,20-25,73H2,1-5H3,(H2,72,85)(H,75,92)(H,76,91)(H,77,93)(H,94,95)/t27-,33?,36+,37?,40+,41-,51+,53?,55+,56-,57+,58?,59+,60-,62?,63+,68?,69-/m0/s1. The van der Waals surface area contributed by atoms with Crippen molar-refractivity contribution < 1.29 is 118 Å². The zero-order chi connectivity index (χ0) is 73.5. The number of carbonyl (C=O) groups excluding carboxylic acids is 7. The van der Waals surface area contributed by atoms with Gasteiger partial charge < -0.3 is 112 Å². The molecule has 0 radical (unpaired) electrons. The number of halogens is 2. The Balaban J connectivity index is 1.24. The number of carboxylic acids is 1. The van der Waals surface area contributed by atoms with Crippen LogP contribution in [0.2, 0.25) is 10.0 Å². The second-order valence-corrected chi connectivity index (χ2v) is 27.4. The molecule has 7 heterocycles. The predicted octanol–water partition coefficient (Wildman–Crippen LogP) is 3.17. The molecule has 4 amide bonds. The van der Waals surface area contributed by atoms with E-state index < -0.39 is 244 Å². The molecule has 5 aromatic rings. The molecule has 11 bridgehead atoms. The molecule has 2 saturated heterocycles. The zero-order valence-electron chi connectivity index (χ0n) is 54.9. The number of primary amides is 1. The van der Waals surface area contributed by atoms with Crippen LogP contribution in [0.5, 0.6) is 46.0 Å². The van der Waals surface area contributed by atoms with E-state index in [1.165, 1.54) is 51.2 Å². The Hall–Kier alpha value is -8.60. The number of rotatable bonds is 14. The predicted molar refractivity (Wildman–Crippen MR) is 353 cm³/mol. The van der Waals surface area contributed by atoms with Gasteiger partial charge in [0.2, 0.25) is 35.7 Å². The lowest BCUT2D eigenvalue weighted by atomic mass is 9.84. The van der Waals surface area contributed by atoms with E-state index in [4.69, 9.17) is 63.1 Å². The first kappa shape index (κ1) is 75.1. The van der Waals surface area contributed by atoms with Crippen LogP contribution in [0.1, 0.15) is 124 Å². The van der Waals surface area contributed by atoms with Crippen LogP contribution in [0, 0.1) is 17.8 Å². The monoisotopic (exact) mass is 1440 g/mol. The third-order valence-electron chi connectivity index (χ3n) is 18.7. The Morgan fingerprint density at radius 1 is 0.733 bits per heavy atom. The minimum Gasteiger partial charge on any atom is -0.508 e. The molecule has 0 aromatic heterocycles. The van der Waals surface area contributed by atoms with Crippen LogP contribution in [0.25, 0.3) is 11.1 Å². The highest BCUT2D eigenvalue weighted by atomic mass is 35.5. The minimum atomic E-state index is -2.20. The molecule has 18 atom stereocenters. The van der Waals surface area contributed by atoms with Crippen molar-refractivity contribution in [3.63, 3.8) is 0 Å². The van der Waals surface area contributed by atoms with Crippen molar-refractivity contribution in [2.75, 3.05) is 13.7 Å². The number of amides is 4. The normalized spacial score (nSPS) is 29.6. The SMILES string of the molecule is CN[C@H](CC(C)C)C(=O)C[C@H]1C(=O)N[C@@H](CC(N)=O)C(=O)CC2C(=O)N[C@H]3C(=O)CC(C(=O)N[C@H](C(=O)O)c4cc(O)cc(O)c4-c4cc3ccc4O)C(O)c3ccc(c(Cl)c3)Oc3cc2cc(c3OC2O[C@H](CO)[C@@H](O)[C@H](O)C2OC2C[C@](C)(N)[C@H](O)[C@H](C)O2)Oc2ccc(cc2Cl)[C@H]1O. The number of likely N-dealkylation sites (N-methyl/N-ethyl adjacent to an activating group) is 1. The molecule has 5 aromatic carbocycles. The molecular formula is C69H78Cl2N6O24. The summed E-state index contributed by atoms with van der Waals surface area (Å²) in [5.41, 5.74) is 8.61. The third-order valence-corrected chi connectivity index (χ3v) is 19.3. The molecule has 101 heavy (non-hydrogen) atoms. The number of phenols is 3. The first-order valence-corrected chi connectivity index (χ1v) is 33.0. The largest absolute Gasteiger partial charge is 0.508 e. The molecule has 18 N–H and O–H groups in total. The number of ether oxygens (including phenoxy) is 6. The number of nitrogens with one attached hydrogen (secondary N) is 4. The van der Waals surface area contributed by atoms with E-state index in [1.54, 1.807) is 0 Å². The van der Waals surface area contributed by atoms with Gasteiger partial charge in [-0.3, -0.25) is 33.6 Å². The molecule has 6 unspecified atom stereocenters. The average molecular weight is 1450 g/mol. The van der Waals surface area contributed by atoms with Crippen LogP contribution in [0.3, 0.4) is 0 Å². The number of carbonyl (C=O) groups is 8. The number of fused-ring (bicyclic) bond motifs is 15. The van der Waals surface area contributed by atoms with E-state index in [9.17, 15) is 75.0 Å². The van der Waals surface area contributed by atoms with Gasteiger partial charge in [0.1, 0.15) is 53.1 Å². The fraction of sp³-hybridized carbons (Fsp3) is 0.449. The topological polar surface area (TPSA) is 494 Å². The molecule has 7 aliphatic rings. The van der Waals surface area contributed by atoms with Crippen LogP contribution in [0.15, 0.2) is 78.9 Å². The van der Waals surface area contributed by atoms with Gasteiger partial charge in [-0.15, -0.1) is 0 Å². The number of nitrogens with two attached hydrogens (primary N) is 2. The molecule has 12 rings (SSSR count). The lowest BCUT2D eigenvalue weighted by molar-refractivity contribution is -0.333. The number of benzene rings is 5. The summed E-state index contributed by atoms with van der Waals surface area (Å²) >= 11 is 14.2. The number of aliphatic hydroxyl groups excluding tert-OH is 6. The molecule has 542 valence electrons. The van der Waals surface area contributed by atoms with Crippen molar-refractivity contribution in [3.8, 4) is 57.1 Å². The summed E-state index contributed by atoms with van der Waals surface area (Å²) in [5.74, 6) is -20.0. The van der Waals surface area contributed by atoms with E-state index in [1.807, 2.05) is 13.8 Å². The molecular weight excluding hydrogens is 1370 g/mol. The number of ketones is 3. The first-order valence-electron chi connectivity index (χ1n) is 32.3. The second-order valence-electron chi connectivity index (χ2n) is 26.6. The summed E-state index contributed by atoms with van der Waals surface area (Å²) in [7, 11) is 1.52. The Labute approximate surface area is 586 Å². The van der Waals surface area contributed by atoms with E-state index in [-0.39, 0.29) is 57.5 Å². The molecule has 0 spiro atoms. The van der Waals surface area contributed by atoms with Crippen molar-refractivity contribution >= 4 is 70.1 Å². The molecule has 7 aliphatic heterocycles. The van der Waals surface area contributed by atoms with E-state index in [0.717, 1.165) is 48.5 Å². The van der Waals surface area contributed by atoms with E-state index >= 15 is 14.4 Å². The van der Waals surface area contributed by atoms with Gasteiger partial charge in [0.15, 0.2) is 47.3 Å². The number of aromatic hydroxyl groups is 3. The zero-order valence-corrected chi connectivity index (χ0v) is 56.5. The Morgan fingerprint density at radius 3 is 1.95 bits per heavy atom. The summed E-state index contributed by atoms with van der Waals surface area (Å²) in [6.45, 7) is 5.77. The lowest BCUT2D eigenvalue weighted by Crippen LogP contribution is -2.64. The third kappa shape index (κ3) is 16.0.